The molecule has 3 nitrogen and oxygen atoms in total. The average Bonchev–Trinajstić information content (AvgIpc) is 3.26. The van der Waals surface area contributed by atoms with Crippen molar-refractivity contribution >= 4 is 5.97 Å². The third-order valence-corrected chi connectivity index (χ3v) is 8.97. The highest BCUT2D eigenvalue weighted by molar-refractivity contribution is 5.74. The van der Waals surface area contributed by atoms with Crippen molar-refractivity contribution in [1.29, 1.82) is 0 Å². The fourth-order valence-corrected chi connectivity index (χ4v) is 7.97. The van der Waals surface area contributed by atoms with Crippen molar-refractivity contribution in [3.63, 3.8) is 0 Å². The molecule has 5 rings (SSSR count). The van der Waals surface area contributed by atoms with Crippen LogP contribution in [0.5, 0.6) is 0 Å². The number of carbonyl (C=O) groups excluding carboxylic acids is 1. The molecule has 4 aliphatic carbocycles. The molecule has 0 aromatic rings. The quantitative estimate of drug-likeness (QED) is 0.642. The van der Waals surface area contributed by atoms with E-state index in [0.29, 0.717) is 18.9 Å². The second-order valence-corrected chi connectivity index (χ2v) is 9.46. The Labute approximate surface area is 139 Å². The molecule has 23 heavy (non-hydrogen) atoms. The van der Waals surface area contributed by atoms with E-state index >= 15 is 0 Å². The van der Waals surface area contributed by atoms with Gasteiger partial charge >= 0.3 is 5.97 Å². The summed E-state index contributed by atoms with van der Waals surface area (Å²) in [5.74, 6) is 7.71. The van der Waals surface area contributed by atoms with Gasteiger partial charge in [-0.15, -0.1) is 0 Å². The highest BCUT2D eigenvalue weighted by Crippen LogP contribution is 2.71. The SMILES string of the molecule is CC1C(C)C2CC1C1C3CC(CC(O)C4CCOC4=O)C(C3)C21. The zero-order chi connectivity index (χ0) is 15.9. The minimum Gasteiger partial charge on any atom is -0.465 e. The molecule has 0 spiro atoms. The number of rotatable bonds is 3. The molecular formula is C20H30O3. The van der Waals surface area contributed by atoms with Gasteiger partial charge in [-0.2, -0.15) is 0 Å². The molecule has 0 aromatic carbocycles. The Morgan fingerprint density at radius 2 is 1.83 bits per heavy atom. The fraction of sp³-hybridized carbons (Fsp3) is 0.950. The highest BCUT2D eigenvalue weighted by atomic mass is 16.5. The van der Waals surface area contributed by atoms with Gasteiger partial charge in [-0.05, 0) is 85.4 Å². The number of cyclic esters (lactones) is 1. The predicted octanol–water partition coefficient (Wildman–Crippen LogP) is 3.11. The van der Waals surface area contributed by atoms with Crippen LogP contribution in [0.25, 0.3) is 0 Å². The van der Waals surface area contributed by atoms with Crippen LogP contribution in [-0.2, 0) is 9.53 Å². The lowest BCUT2D eigenvalue weighted by molar-refractivity contribution is -0.144. The molecule has 5 aliphatic rings. The lowest BCUT2D eigenvalue weighted by Gasteiger charge is -2.44. The van der Waals surface area contributed by atoms with Gasteiger partial charge in [-0.25, -0.2) is 0 Å². The van der Waals surface area contributed by atoms with E-state index in [1.165, 1.54) is 19.3 Å². The zero-order valence-electron chi connectivity index (χ0n) is 14.4. The van der Waals surface area contributed by atoms with Gasteiger partial charge in [0.2, 0.25) is 0 Å². The maximum atomic E-state index is 11.7. The van der Waals surface area contributed by atoms with E-state index in [2.05, 4.69) is 13.8 Å². The summed E-state index contributed by atoms with van der Waals surface area (Å²) in [4.78, 5) is 11.7. The first-order chi connectivity index (χ1) is 11.1. The van der Waals surface area contributed by atoms with Crippen molar-refractivity contribution < 1.29 is 14.6 Å². The van der Waals surface area contributed by atoms with E-state index in [9.17, 15) is 9.90 Å². The second kappa shape index (κ2) is 4.97. The van der Waals surface area contributed by atoms with E-state index in [4.69, 9.17) is 4.74 Å². The molecule has 1 heterocycles. The molecule has 5 fully saturated rings. The molecule has 11 atom stereocenters. The minimum atomic E-state index is -0.470. The first-order valence-corrected chi connectivity index (χ1v) is 9.91. The molecular weight excluding hydrogens is 288 g/mol. The largest absolute Gasteiger partial charge is 0.465 e. The van der Waals surface area contributed by atoms with Crippen molar-refractivity contribution in [2.45, 2.75) is 52.1 Å². The topological polar surface area (TPSA) is 46.5 Å². The van der Waals surface area contributed by atoms with Gasteiger partial charge in [0.1, 0.15) is 0 Å². The van der Waals surface area contributed by atoms with E-state index in [1.807, 2.05) is 0 Å². The molecule has 0 aromatic heterocycles. The van der Waals surface area contributed by atoms with Crippen LogP contribution in [0.15, 0.2) is 0 Å². The summed E-state index contributed by atoms with van der Waals surface area (Å²) in [5.41, 5.74) is 0. The molecule has 1 aliphatic heterocycles. The Morgan fingerprint density at radius 3 is 2.52 bits per heavy atom. The molecule has 0 amide bonds. The monoisotopic (exact) mass is 318 g/mol. The van der Waals surface area contributed by atoms with Crippen LogP contribution in [0.4, 0.5) is 0 Å². The summed E-state index contributed by atoms with van der Waals surface area (Å²) in [7, 11) is 0. The molecule has 0 radical (unpaired) electrons. The van der Waals surface area contributed by atoms with Crippen molar-refractivity contribution in [1.82, 2.24) is 0 Å². The first kappa shape index (κ1) is 14.7. The third-order valence-electron chi connectivity index (χ3n) is 8.97. The number of esters is 1. The van der Waals surface area contributed by atoms with Crippen molar-refractivity contribution in [2.75, 3.05) is 6.61 Å². The summed E-state index contributed by atoms with van der Waals surface area (Å²) in [6.45, 7) is 5.47. The fourth-order valence-electron chi connectivity index (χ4n) is 7.97. The molecule has 128 valence electrons. The maximum absolute atomic E-state index is 11.7. The van der Waals surface area contributed by atoms with Crippen LogP contribution < -0.4 is 0 Å². The van der Waals surface area contributed by atoms with Gasteiger partial charge < -0.3 is 9.84 Å². The smallest absolute Gasteiger partial charge is 0.311 e. The third kappa shape index (κ3) is 1.89. The van der Waals surface area contributed by atoms with Crippen LogP contribution in [0, 0.1) is 59.2 Å². The molecule has 1 saturated heterocycles. The van der Waals surface area contributed by atoms with E-state index in [-0.39, 0.29) is 11.9 Å². The van der Waals surface area contributed by atoms with Crippen LogP contribution >= 0.6 is 0 Å². The Morgan fingerprint density at radius 1 is 1.09 bits per heavy atom. The Kier molecular flexibility index (Phi) is 3.19. The number of carbonyl (C=O) groups is 1. The Balaban J connectivity index is 1.30. The van der Waals surface area contributed by atoms with E-state index in [1.54, 1.807) is 0 Å². The summed E-state index contributed by atoms with van der Waals surface area (Å²) >= 11 is 0. The maximum Gasteiger partial charge on any atom is 0.311 e. The molecule has 3 heteroatoms. The number of hydrogen-bond acceptors (Lipinski definition) is 3. The van der Waals surface area contributed by atoms with Gasteiger partial charge in [0.05, 0.1) is 18.6 Å². The standard InChI is InChI=1S/C20H30O3/c1-9-10(2)15-8-14(9)18-12-5-11(16(6-12)19(15)18)7-17(21)13-3-4-23-20(13)22/h9-19,21H,3-8H2,1-2H3. The number of ether oxygens (including phenoxy) is 1. The zero-order valence-corrected chi connectivity index (χ0v) is 14.4. The number of aliphatic hydroxyl groups excluding tert-OH is 1. The molecule has 4 bridgehead atoms. The normalized spacial score (nSPS) is 57.8. The number of fused-ring (bicyclic) bond motifs is 9. The molecule has 1 N–H and O–H groups in total. The predicted molar refractivity (Wildman–Crippen MR) is 86.3 cm³/mol. The van der Waals surface area contributed by atoms with Gasteiger partial charge in [0, 0.05) is 0 Å². The summed E-state index contributed by atoms with van der Waals surface area (Å²) in [5, 5.41) is 10.6. The summed E-state index contributed by atoms with van der Waals surface area (Å²) in [6, 6.07) is 0. The van der Waals surface area contributed by atoms with Crippen molar-refractivity contribution in [3.05, 3.63) is 0 Å². The number of aliphatic hydroxyl groups is 1. The first-order valence-electron chi connectivity index (χ1n) is 9.91. The van der Waals surface area contributed by atoms with Gasteiger partial charge in [-0.3, -0.25) is 4.79 Å². The average molecular weight is 318 g/mol. The van der Waals surface area contributed by atoms with Crippen molar-refractivity contribution in [2.24, 2.45) is 59.2 Å². The number of hydrogen-bond donors (Lipinski definition) is 1. The lowest BCUT2D eigenvalue weighted by atomic mass is 9.61. The van der Waals surface area contributed by atoms with Crippen molar-refractivity contribution in [3.8, 4) is 0 Å². The van der Waals surface area contributed by atoms with E-state index < -0.39 is 6.10 Å². The van der Waals surface area contributed by atoms with Crippen LogP contribution in [-0.4, -0.2) is 23.8 Å². The van der Waals surface area contributed by atoms with E-state index in [0.717, 1.165) is 53.8 Å². The van der Waals surface area contributed by atoms with Crippen LogP contribution in [0.2, 0.25) is 0 Å². The van der Waals surface area contributed by atoms with Crippen LogP contribution in [0.3, 0.4) is 0 Å². The highest BCUT2D eigenvalue weighted by Gasteiger charge is 2.65. The Bertz CT molecular complexity index is 517. The minimum absolute atomic E-state index is 0.166. The van der Waals surface area contributed by atoms with Crippen LogP contribution in [0.1, 0.15) is 46.0 Å². The summed E-state index contributed by atoms with van der Waals surface area (Å²) in [6.07, 6.45) is 5.29. The lowest BCUT2D eigenvalue weighted by Crippen LogP contribution is -2.40. The van der Waals surface area contributed by atoms with Gasteiger partial charge in [0.25, 0.3) is 0 Å². The van der Waals surface area contributed by atoms with Gasteiger partial charge in [-0.1, -0.05) is 13.8 Å². The molecule has 4 saturated carbocycles. The van der Waals surface area contributed by atoms with Gasteiger partial charge in [0.15, 0.2) is 0 Å². The second-order valence-electron chi connectivity index (χ2n) is 9.46. The molecule has 11 unspecified atom stereocenters. The Hall–Kier alpha value is -0.570. The summed E-state index contributed by atoms with van der Waals surface area (Å²) < 4.78 is 5.05.